The first-order valence-corrected chi connectivity index (χ1v) is 8.28. The summed E-state index contributed by atoms with van der Waals surface area (Å²) in [6.07, 6.45) is 0. The zero-order chi connectivity index (χ0) is 17.2. The highest BCUT2D eigenvalue weighted by Gasteiger charge is 2.16. The molecule has 0 atom stereocenters. The van der Waals surface area contributed by atoms with Crippen LogP contribution < -0.4 is 4.83 Å². The molecule has 0 aliphatic rings. The van der Waals surface area contributed by atoms with Gasteiger partial charge in [-0.05, 0) is 50.1 Å². The van der Waals surface area contributed by atoms with Gasteiger partial charge in [-0.1, -0.05) is 12.1 Å². The van der Waals surface area contributed by atoms with Gasteiger partial charge in [-0.15, -0.1) is 0 Å². The van der Waals surface area contributed by atoms with Gasteiger partial charge >= 0.3 is 0 Å². The highest BCUT2D eigenvalue weighted by molar-refractivity contribution is 7.89. The Labute approximate surface area is 133 Å². The van der Waals surface area contributed by atoms with Gasteiger partial charge in [-0.2, -0.15) is 18.4 Å². The van der Waals surface area contributed by atoms with E-state index < -0.39 is 21.7 Å². The zero-order valence-electron chi connectivity index (χ0n) is 12.9. The maximum Gasteiger partial charge on any atom is 0.276 e. The van der Waals surface area contributed by atoms with Gasteiger partial charge in [-0.3, -0.25) is 0 Å². The lowest BCUT2D eigenvalue weighted by atomic mass is 10.1. The van der Waals surface area contributed by atoms with Gasteiger partial charge in [0.15, 0.2) is 0 Å². The Morgan fingerprint density at radius 3 is 2.43 bits per heavy atom. The van der Waals surface area contributed by atoms with E-state index in [1.54, 1.807) is 26.0 Å². The normalized spacial score (nSPS) is 12.3. The number of hydrogen-bond donors (Lipinski definition) is 1. The molecule has 0 fully saturated rings. The van der Waals surface area contributed by atoms with Crippen molar-refractivity contribution in [3.63, 3.8) is 0 Å². The average Bonchev–Trinajstić information content (AvgIpc) is 2.47. The molecule has 0 aliphatic carbocycles. The molecule has 0 unspecified atom stereocenters. The molecule has 2 aromatic carbocycles. The van der Waals surface area contributed by atoms with Crippen molar-refractivity contribution in [2.24, 2.45) is 5.10 Å². The summed E-state index contributed by atoms with van der Waals surface area (Å²) < 4.78 is 51.2. The second-order valence-corrected chi connectivity index (χ2v) is 6.81. The Hall–Kier alpha value is -2.28. The fourth-order valence-electron chi connectivity index (χ4n) is 2.02. The van der Waals surface area contributed by atoms with E-state index in [-0.39, 0.29) is 16.2 Å². The minimum atomic E-state index is -3.87. The van der Waals surface area contributed by atoms with E-state index in [4.69, 9.17) is 0 Å². The van der Waals surface area contributed by atoms with E-state index >= 15 is 0 Å². The smallest absolute Gasteiger partial charge is 0.207 e. The lowest BCUT2D eigenvalue weighted by molar-refractivity contribution is 0.579. The van der Waals surface area contributed by atoms with Crippen molar-refractivity contribution in [1.29, 1.82) is 0 Å². The second kappa shape index (κ2) is 6.45. The summed E-state index contributed by atoms with van der Waals surface area (Å²) in [5.74, 6) is -1.52. The van der Waals surface area contributed by atoms with Crippen LogP contribution in [0.25, 0.3) is 0 Å². The van der Waals surface area contributed by atoms with Crippen molar-refractivity contribution >= 4 is 15.7 Å². The van der Waals surface area contributed by atoms with Crippen LogP contribution in [0.4, 0.5) is 8.78 Å². The molecule has 0 amide bonds. The number of hydrazone groups is 1. The van der Waals surface area contributed by atoms with Crippen LogP contribution in [0.15, 0.2) is 46.4 Å². The Morgan fingerprint density at radius 2 is 1.78 bits per heavy atom. The highest BCUT2D eigenvalue weighted by atomic mass is 32.2. The molecule has 0 aromatic heterocycles. The first kappa shape index (κ1) is 17.1. The van der Waals surface area contributed by atoms with Crippen LogP contribution in [0.5, 0.6) is 0 Å². The largest absolute Gasteiger partial charge is 0.276 e. The van der Waals surface area contributed by atoms with Crippen molar-refractivity contribution in [1.82, 2.24) is 4.83 Å². The number of aryl methyl sites for hydroxylation is 2. The van der Waals surface area contributed by atoms with Crippen LogP contribution in [0, 0.1) is 25.5 Å². The Bertz CT molecular complexity index is 878. The van der Waals surface area contributed by atoms with Gasteiger partial charge in [-0.25, -0.2) is 8.78 Å². The Kier molecular flexibility index (Phi) is 4.79. The molecule has 2 rings (SSSR count). The summed E-state index contributed by atoms with van der Waals surface area (Å²) in [7, 11) is -3.87. The molecule has 23 heavy (non-hydrogen) atoms. The first-order chi connectivity index (χ1) is 10.7. The quantitative estimate of drug-likeness (QED) is 0.687. The minimum Gasteiger partial charge on any atom is -0.207 e. The van der Waals surface area contributed by atoms with Crippen molar-refractivity contribution in [3.05, 3.63) is 64.7 Å². The third-order valence-corrected chi connectivity index (χ3v) is 4.64. The predicted molar refractivity (Wildman–Crippen MR) is 84.8 cm³/mol. The molecule has 0 heterocycles. The standard InChI is InChI=1S/C16H16F2N2O2S/c1-10-4-5-11(2)16(8-10)23(21,22)20-19-12(3)14-7-6-13(17)9-15(14)18/h4-9,20H,1-3H3/b19-12-. The Morgan fingerprint density at radius 1 is 1.09 bits per heavy atom. The van der Waals surface area contributed by atoms with Crippen molar-refractivity contribution < 1.29 is 17.2 Å². The summed E-state index contributed by atoms with van der Waals surface area (Å²) >= 11 is 0. The number of sulfonamides is 1. The van der Waals surface area contributed by atoms with Crippen LogP contribution in [0.1, 0.15) is 23.6 Å². The van der Waals surface area contributed by atoms with Crippen molar-refractivity contribution in [3.8, 4) is 0 Å². The predicted octanol–water partition coefficient (Wildman–Crippen LogP) is 3.28. The average molecular weight is 338 g/mol. The molecule has 0 bridgehead atoms. The molecule has 122 valence electrons. The summed E-state index contributed by atoms with van der Waals surface area (Å²) in [6.45, 7) is 4.88. The lowest BCUT2D eigenvalue weighted by Crippen LogP contribution is -2.21. The number of rotatable bonds is 4. The van der Waals surface area contributed by atoms with Gasteiger partial charge in [0.1, 0.15) is 11.6 Å². The SMILES string of the molecule is C/C(=N/NS(=O)(=O)c1cc(C)ccc1C)c1ccc(F)cc1F. The van der Waals surface area contributed by atoms with Gasteiger partial charge < -0.3 is 0 Å². The third kappa shape index (κ3) is 3.92. The Balaban J connectivity index is 2.32. The molecule has 0 aliphatic heterocycles. The number of nitrogens with zero attached hydrogens (tertiary/aromatic N) is 1. The molecule has 2 aromatic rings. The van der Waals surface area contributed by atoms with Gasteiger partial charge in [0.2, 0.25) is 0 Å². The van der Waals surface area contributed by atoms with Gasteiger partial charge in [0.25, 0.3) is 10.0 Å². The number of nitrogens with one attached hydrogen (secondary N) is 1. The molecule has 7 heteroatoms. The van der Waals surface area contributed by atoms with Crippen LogP contribution in [-0.2, 0) is 10.0 Å². The molecular formula is C16H16F2N2O2S. The lowest BCUT2D eigenvalue weighted by Gasteiger charge is -2.09. The molecule has 4 nitrogen and oxygen atoms in total. The van der Waals surface area contributed by atoms with Crippen LogP contribution in [-0.4, -0.2) is 14.1 Å². The molecule has 0 radical (unpaired) electrons. The van der Waals surface area contributed by atoms with Crippen molar-refractivity contribution in [2.75, 3.05) is 0 Å². The highest BCUT2D eigenvalue weighted by Crippen LogP contribution is 2.17. The maximum atomic E-state index is 13.7. The molecule has 1 N–H and O–H groups in total. The second-order valence-electron chi connectivity index (χ2n) is 5.19. The minimum absolute atomic E-state index is 0.0232. The summed E-state index contributed by atoms with van der Waals surface area (Å²) in [6, 6.07) is 8.03. The van der Waals surface area contributed by atoms with E-state index in [0.29, 0.717) is 11.6 Å². The topological polar surface area (TPSA) is 58.5 Å². The van der Waals surface area contributed by atoms with Crippen LogP contribution >= 0.6 is 0 Å². The maximum absolute atomic E-state index is 13.7. The van der Waals surface area contributed by atoms with Crippen LogP contribution in [0.3, 0.4) is 0 Å². The fourth-order valence-corrected chi connectivity index (χ4v) is 3.21. The first-order valence-electron chi connectivity index (χ1n) is 6.79. The molecule has 0 saturated heterocycles. The third-order valence-electron chi connectivity index (χ3n) is 3.29. The van der Waals surface area contributed by atoms with E-state index in [1.165, 1.54) is 19.1 Å². The van der Waals surface area contributed by atoms with E-state index in [0.717, 1.165) is 11.6 Å². The van der Waals surface area contributed by atoms with Gasteiger partial charge in [0, 0.05) is 11.6 Å². The number of benzene rings is 2. The molecule has 0 spiro atoms. The summed E-state index contributed by atoms with van der Waals surface area (Å²) in [5, 5.41) is 3.72. The fraction of sp³-hybridized carbons (Fsp3) is 0.188. The summed E-state index contributed by atoms with van der Waals surface area (Å²) in [4.78, 5) is 2.19. The molecular weight excluding hydrogens is 322 g/mol. The monoisotopic (exact) mass is 338 g/mol. The number of halogens is 2. The van der Waals surface area contributed by atoms with Gasteiger partial charge in [0.05, 0.1) is 10.6 Å². The van der Waals surface area contributed by atoms with Crippen LogP contribution in [0.2, 0.25) is 0 Å². The molecule has 0 saturated carbocycles. The number of hydrogen-bond acceptors (Lipinski definition) is 3. The van der Waals surface area contributed by atoms with Crippen molar-refractivity contribution in [2.45, 2.75) is 25.7 Å². The summed E-state index contributed by atoms with van der Waals surface area (Å²) in [5.41, 5.74) is 1.48. The van der Waals surface area contributed by atoms with E-state index in [9.17, 15) is 17.2 Å². The van der Waals surface area contributed by atoms with E-state index in [1.807, 2.05) is 0 Å². The van der Waals surface area contributed by atoms with E-state index in [2.05, 4.69) is 9.93 Å². The zero-order valence-corrected chi connectivity index (χ0v) is 13.7.